The summed E-state index contributed by atoms with van der Waals surface area (Å²) in [7, 11) is 1.62. The minimum absolute atomic E-state index is 0.0812. The monoisotopic (exact) mass is 316 g/mol. The van der Waals surface area contributed by atoms with E-state index < -0.39 is 5.82 Å². The summed E-state index contributed by atoms with van der Waals surface area (Å²) in [5, 5.41) is 4.26. The fraction of sp³-hybridized carbons (Fsp3) is 0.118. The van der Waals surface area contributed by atoms with Gasteiger partial charge in [-0.25, -0.2) is 4.39 Å². The molecule has 1 N–H and O–H groups in total. The van der Waals surface area contributed by atoms with E-state index in [9.17, 15) is 4.39 Å². The van der Waals surface area contributed by atoms with E-state index in [4.69, 9.17) is 16.3 Å². The second-order valence-electron chi connectivity index (χ2n) is 4.95. The van der Waals surface area contributed by atoms with Crippen molar-refractivity contribution in [3.8, 4) is 5.75 Å². The molecule has 1 aromatic heterocycles. The van der Waals surface area contributed by atoms with E-state index in [1.807, 2.05) is 31.2 Å². The van der Waals surface area contributed by atoms with E-state index in [2.05, 4.69) is 10.3 Å². The smallest absolute Gasteiger partial charge is 0.141 e. The molecule has 5 heteroatoms. The number of halogens is 2. The predicted octanol–water partition coefficient (Wildman–Crippen LogP) is 5.09. The van der Waals surface area contributed by atoms with Gasteiger partial charge < -0.3 is 10.1 Å². The summed E-state index contributed by atoms with van der Waals surface area (Å²) in [4.78, 5) is 4.50. The highest BCUT2D eigenvalue weighted by molar-refractivity contribution is 6.31. The lowest BCUT2D eigenvalue weighted by Crippen LogP contribution is -1.96. The van der Waals surface area contributed by atoms with E-state index in [1.54, 1.807) is 19.2 Å². The molecule has 0 spiro atoms. The van der Waals surface area contributed by atoms with Crippen molar-refractivity contribution in [2.45, 2.75) is 6.92 Å². The first-order chi connectivity index (χ1) is 10.6. The quantitative estimate of drug-likeness (QED) is 0.731. The summed E-state index contributed by atoms with van der Waals surface area (Å²) in [5.74, 6) is 0.308. The summed E-state index contributed by atoms with van der Waals surface area (Å²) in [5.41, 5.74) is 3.31. The minimum atomic E-state index is -0.440. The van der Waals surface area contributed by atoms with Gasteiger partial charge in [0.05, 0.1) is 17.6 Å². The molecule has 22 heavy (non-hydrogen) atoms. The molecule has 3 nitrogen and oxygen atoms in total. The van der Waals surface area contributed by atoms with Crippen LogP contribution < -0.4 is 10.1 Å². The molecule has 0 aliphatic rings. The molecule has 3 rings (SSSR count). The van der Waals surface area contributed by atoms with E-state index >= 15 is 0 Å². The van der Waals surface area contributed by atoms with Gasteiger partial charge in [-0.15, -0.1) is 0 Å². The average Bonchev–Trinajstić information content (AvgIpc) is 2.50. The number of aryl methyl sites for hydroxylation is 1. The highest BCUT2D eigenvalue weighted by Gasteiger charge is 2.07. The number of pyridine rings is 1. The Labute approximate surface area is 132 Å². The highest BCUT2D eigenvalue weighted by Crippen LogP contribution is 2.30. The topological polar surface area (TPSA) is 34.1 Å². The zero-order valence-electron chi connectivity index (χ0n) is 12.2. The predicted molar refractivity (Wildman–Crippen MR) is 87.7 cm³/mol. The van der Waals surface area contributed by atoms with Gasteiger partial charge >= 0.3 is 0 Å². The third-order valence-electron chi connectivity index (χ3n) is 3.34. The third kappa shape index (κ3) is 2.83. The van der Waals surface area contributed by atoms with Crippen molar-refractivity contribution in [2.75, 3.05) is 12.4 Å². The van der Waals surface area contributed by atoms with Crippen LogP contribution in [0.1, 0.15) is 5.69 Å². The zero-order valence-corrected chi connectivity index (χ0v) is 12.9. The number of rotatable bonds is 3. The maximum atomic E-state index is 13.3. The third-order valence-corrected chi connectivity index (χ3v) is 3.63. The first-order valence-corrected chi connectivity index (χ1v) is 7.12. The van der Waals surface area contributed by atoms with Gasteiger partial charge in [0.15, 0.2) is 0 Å². The van der Waals surface area contributed by atoms with Crippen molar-refractivity contribution in [1.29, 1.82) is 0 Å². The van der Waals surface area contributed by atoms with Gasteiger partial charge in [-0.1, -0.05) is 11.6 Å². The van der Waals surface area contributed by atoms with Crippen molar-refractivity contribution in [3.63, 3.8) is 0 Å². The number of hydrogen-bond donors (Lipinski definition) is 1. The second-order valence-corrected chi connectivity index (χ2v) is 5.36. The molecular formula is C17H14ClFN2O. The molecule has 0 aliphatic heterocycles. The minimum Gasteiger partial charge on any atom is -0.497 e. The van der Waals surface area contributed by atoms with Crippen LogP contribution in [-0.4, -0.2) is 12.1 Å². The summed E-state index contributed by atoms with van der Waals surface area (Å²) in [6.07, 6.45) is 0. The molecule has 112 valence electrons. The Bertz CT molecular complexity index is 851. The first kappa shape index (κ1) is 14.6. The van der Waals surface area contributed by atoms with Crippen LogP contribution in [0, 0.1) is 12.7 Å². The Hall–Kier alpha value is -2.33. The molecule has 0 bridgehead atoms. The van der Waals surface area contributed by atoms with E-state index in [1.165, 1.54) is 6.07 Å². The van der Waals surface area contributed by atoms with Crippen LogP contribution in [0.15, 0.2) is 42.5 Å². The number of hydrogen-bond acceptors (Lipinski definition) is 3. The lowest BCUT2D eigenvalue weighted by molar-refractivity contribution is 0.415. The highest BCUT2D eigenvalue weighted by atomic mass is 35.5. The fourth-order valence-electron chi connectivity index (χ4n) is 2.30. The Morgan fingerprint density at radius 2 is 1.95 bits per heavy atom. The average molecular weight is 317 g/mol. The number of ether oxygens (including phenoxy) is 1. The van der Waals surface area contributed by atoms with Crippen LogP contribution >= 0.6 is 11.6 Å². The summed E-state index contributed by atoms with van der Waals surface area (Å²) in [6, 6.07) is 12.1. The molecule has 0 fully saturated rings. The van der Waals surface area contributed by atoms with Gasteiger partial charge in [-0.3, -0.25) is 4.98 Å². The molecule has 0 aliphatic carbocycles. The van der Waals surface area contributed by atoms with Crippen molar-refractivity contribution < 1.29 is 9.13 Å². The molecule has 1 heterocycles. The number of methoxy groups -OCH3 is 1. The fourth-order valence-corrected chi connectivity index (χ4v) is 2.48. The molecule has 0 saturated heterocycles. The number of anilines is 2. The summed E-state index contributed by atoms with van der Waals surface area (Å²) >= 11 is 5.83. The molecule has 0 unspecified atom stereocenters. The van der Waals surface area contributed by atoms with Gasteiger partial charge in [0.1, 0.15) is 11.6 Å². The molecule has 3 aromatic rings. The van der Waals surface area contributed by atoms with E-state index in [0.717, 1.165) is 28.0 Å². The van der Waals surface area contributed by atoms with Crippen molar-refractivity contribution in [2.24, 2.45) is 0 Å². The standard InChI is InChI=1S/C17H14ClFN2O/c1-10-7-17(21-11-3-5-15(19)14(18)8-11)13-9-12(22-2)4-6-16(13)20-10/h3-9H,1-2H3,(H,20,21). The normalized spacial score (nSPS) is 10.7. The molecule has 2 aromatic carbocycles. The van der Waals surface area contributed by atoms with Crippen LogP contribution in [0.4, 0.5) is 15.8 Å². The van der Waals surface area contributed by atoms with Gasteiger partial charge in [-0.2, -0.15) is 0 Å². The van der Waals surface area contributed by atoms with Gasteiger partial charge in [0.2, 0.25) is 0 Å². The largest absolute Gasteiger partial charge is 0.497 e. The van der Waals surface area contributed by atoms with Crippen LogP contribution in [-0.2, 0) is 0 Å². The number of nitrogens with zero attached hydrogens (tertiary/aromatic N) is 1. The van der Waals surface area contributed by atoms with E-state index in [-0.39, 0.29) is 5.02 Å². The second kappa shape index (κ2) is 5.81. The first-order valence-electron chi connectivity index (χ1n) is 6.74. The van der Waals surface area contributed by atoms with Crippen LogP contribution in [0.5, 0.6) is 5.75 Å². The number of benzene rings is 2. The Kier molecular flexibility index (Phi) is 3.86. The number of nitrogens with one attached hydrogen (secondary N) is 1. The molecule has 0 saturated carbocycles. The van der Waals surface area contributed by atoms with Crippen LogP contribution in [0.2, 0.25) is 5.02 Å². The summed E-state index contributed by atoms with van der Waals surface area (Å²) in [6.45, 7) is 1.92. The summed E-state index contributed by atoms with van der Waals surface area (Å²) < 4.78 is 18.5. The van der Waals surface area contributed by atoms with Crippen LogP contribution in [0.3, 0.4) is 0 Å². The van der Waals surface area contributed by atoms with Crippen molar-refractivity contribution >= 4 is 33.9 Å². The maximum Gasteiger partial charge on any atom is 0.141 e. The van der Waals surface area contributed by atoms with E-state index in [0.29, 0.717) is 5.69 Å². The van der Waals surface area contributed by atoms with Crippen molar-refractivity contribution in [3.05, 3.63) is 59.0 Å². The zero-order chi connectivity index (χ0) is 15.7. The van der Waals surface area contributed by atoms with Crippen LogP contribution in [0.25, 0.3) is 10.9 Å². The molecular weight excluding hydrogens is 303 g/mol. The molecule has 0 atom stereocenters. The lowest BCUT2D eigenvalue weighted by Gasteiger charge is -2.12. The SMILES string of the molecule is COc1ccc2nc(C)cc(Nc3ccc(F)c(Cl)c3)c2c1. The molecule has 0 radical (unpaired) electrons. The Morgan fingerprint density at radius 3 is 2.68 bits per heavy atom. The lowest BCUT2D eigenvalue weighted by atomic mass is 10.1. The Morgan fingerprint density at radius 1 is 1.14 bits per heavy atom. The molecule has 0 amide bonds. The maximum absolute atomic E-state index is 13.3. The van der Waals surface area contributed by atoms with Gasteiger partial charge in [0.25, 0.3) is 0 Å². The number of fused-ring (bicyclic) bond motifs is 1. The van der Waals surface area contributed by atoms with Crippen molar-refractivity contribution in [1.82, 2.24) is 4.98 Å². The Balaban J connectivity index is 2.10. The van der Waals surface area contributed by atoms with Gasteiger partial charge in [0, 0.05) is 22.5 Å². The van der Waals surface area contributed by atoms with Gasteiger partial charge in [-0.05, 0) is 49.4 Å². The number of aromatic nitrogens is 1.